The molecule has 1 rings (SSSR count). The van der Waals surface area contributed by atoms with Gasteiger partial charge < -0.3 is 9.46 Å². The van der Waals surface area contributed by atoms with E-state index < -0.39 is 7.14 Å². The van der Waals surface area contributed by atoms with E-state index in [1.54, 1.807) is 0 Å². The molecule has 0 atom stereocenters. The van der Waals surface area contributed by atoms with E-state index in [0.717, 1.165) is 23.3 Å². The van der Waals surface area contributed by atoms with Crippen LogP contribution in [-0.2, 0) is 4.57 Å². The van der Waals surface area contributed by atoms with Crippen LogP contribution >= 0.6 is 7.14 Å². The lowest BCUT2D eigenvalue weighted by atomic mass is 10.3. The first-order valence-corrected chi connectivity index (χ1v) is 7.47. The van der Waals surface area contributed by atoms with Gasteiger partial charge in [-0.05, 0) is 24.3 Å². The van der Waals surface area contributed by atoms with Crippen molar-refractivity contribution in [3.05, 3.63) is 24.3 Å². The number of anilines is 1. The van der Waals surface area contributed by atoms with E-state index in [4.69, 9.17) is 0 Å². The van der Waals surface area contributed by atoms with Crippen LogP contribution in [0.2, 0.25) is 0 Å². The van der Waals surface area contributed by atoms with Gasteiger partial charge >= 0.3 is 0 Å². The second-order valence-corrected chi connectivity index (χ2v) is 7.49. The second kappa shape index (κ2) is 4.85. The van der Waals surface area contributed by atoms with Gasteiger partial charge in [0.15, 0.2) is 0 Å². The Hall–Kier alpha value is -0.750. The third kappa shape index (κ3) is 2.63. The molecule has 1 aromatic carbocycles. The Balaban J connectivity index is 3.03. The van der Waals surface area contributed by atoms with E-state index in [9.17, 15) is 4.57 Å². The van der Waals surface area contributed by atoms with Crippen LogP contribution in [0.15, 0.2) is 24.3 Å². The Morgan fingerprint density at radius 3 is 1.87 bits per heavy atom. The molecular formula is C12H20NOP. The summed E-state index contributed by atoms with van der Waals surface area (Å²) in [5.41, 5.74) is 1.15. The van der Waals surface area contributed by atoms with Gasteiger partial charge in [-0.2, -0.15) is 0 Å². The Labute approximate surface area is 92.7 Å². The minimum atomic E-state index is -2.10. The van der Waals surface area contributed by atoms with Gasteiger partial charge in [0.2, 0.25) is 0 Å². The first-order chi connectivity index (χ1) is 7.03. The topological polar surface area (TPSA) is 20.3 Å². The average molecular weight is 225 g/mol. The Morgan fingerprint density at radius 1 is 1.07 bits per heavy atom. The molecule has 1 aromatic rings. The van der Waals surface area contributed by atoms with Gasteiger partial charge in [0.05, 0.1) is 0 Å². The van der Waals surface area contributed by atoms with Crippen molar-refractivity contribution in [2.24, 2.45) is 0 Å². The van der Waals surface area contributed by atoms with Crippen LogP contribution in [0.3, 0.4) is 0 Å². The standard InChI is InChI=1S/C12H20NOP/c1-5-15(14,6-2)12-9-7-11(8-10-12)13(3)4/h7-10H,5-6H2,1-4H3. The molecule has 0 saturated heterocycles. The molecule has 0 radical (unpaired) electrons. The molecule has 0 spiro atoms. The quantitative estimate of drug-likeness (QED) is 0.734. The van der Waals surface area contributed by atoms with Crippen molar-refractivity contribution in [2.45, 2.75) is 13.8 Å². The maximum atomic E-state index is 12.4. The number of benzene rings is 1. The van der Waals surface area contributed by atoms with Crippen molar-refractivity contribution >= 4 is 18.1 Å². The SMILES string of the molecule is CCP(=O)(CC)c1ccc(N(C)C)cc1. The zero-order valence-corrected chi connectivity index (χ0v) is 10.9. The Bertz CT molecular complexity index is 348. The fourth-order valence-corrected chi connectivity index (χ4v) is 3.48. The molecule has 0 N–H and O–H groups in total. The fourth-order valence-electron chi connectivity index (χ4n) is 1.61. The normalized spacial score (nSPS) is 11.5. The summed E-state index contributed by atoms with van der Waals surface area (Å²) in [4.78, 5) is 2.05. The van der Waals surface area contributed by atoms with Crippen LogP contribution in [0, 0.1) is 0 Å². The van der Waals surface area contributed by atoms with Crippen LogP contribution < -0.4 is 10.2 Å². The first kappa shape index (κ1) is 12.3. The lowest BCUT2D eigenvalue weighted by Gasteiger charge is -2.17. The van der Waals surface area contributed by atoms with E-state index in [-0.39, 0.29) is 0 Å². The molecule has 2 nitrogen and oxygen atoms in total. The van der Waals surface area contributed by atoms with Crippen LogP contribution in [0.1, 0.15) is 13.8 Å². The third-order valence-corrected chi connectivity index (χ3v) is 6.14. The van der Waals surface area contributed by atoms with E-state index in [2.05, 4.69) is 0 Å². The van der Waals surface area contributed by atoms with Crippen LogP contribution in [0.5, 0.6) is 0 Å². The molecule has 0 unspecified atom stereocenters. The highest BCUT2D eigenvalue weighted by molar-refractivity contribution is 7.71. The van der Waals surface area contributed by atoms with E-state index in [1.165, 1.54) is 0 Å². The number of hydrogen-bond acceptors (Lipinski definition) is 2. The fraction of sp³-hybridized carbons (Fsp3) is 0.500. The van der Waals surface area contributed by atoms with Gasteiger partial charge in [-0.3, -0.25) is 0 Å². The predicted octanol–water partition coefficient (Wildman–Crippen LogP) is 2.78. The number of nitrogens with zero attached hydrogens (tertiary/aromatic N) is 1. The highest BCUT2D eigenvalue weighted by Gasteiger charge is 2.19. The Kier molecular flexibility index (Phi) is 3.98. The molecule has 0 aliphatic heterocycles. The van der Waals surface area contributed by atoms with Crippen LogP contribution in [-0.4, -0.2) is 26.4 Å². The minimum absolute atomic E-state index is 0.755. The van der Waals surface area contributed by atoms with Crippen molar-refractivity contribution < 1.29 is 4.57 Å². The molecule has 0 aliphatic carbocycles. The summed E-state index contributed by atoms with van der Waals surface area (Å²) >= 11 is 0. The maximum absolute atomic E-state index is 12.4. The zero-order valence-electron chi connectivity index (χ0n) is 10.0. The average Bonchev–Trinajstić information content (AvgIpc) is 2.28. The predicted molar refractivity (Wildman–Crippen MR) is 69.1 cm³/mol. The van der Waals surface area contributed by atoms with E-state index >= 15 is 0 Å². The molecule has 0 bridgehead atoms. The summed E-state index contributed by atoms with van der Waals surface area (Å²) < 4.78 is 12.4. The maximum Gasteiger partial charge on any atom is 0.115 e. The molecule has 3 heteroatoms. The third-order valence-electron chi connectivity index (χ3n) is 2.86. The van der Waals surface area contributed by atoms with Crippen molar-refractivity contribution in [3.63, 3.8) is 0 Å². The lowest BCUT2D eigenvalue weighted by Crippen LogP contribution is -2.12. The monoisotopic (exact) mass is 225 g/mol. The summed E-state index contributed by atoms with van der Waals surface area (Å²) in [5, 5.41) is 1.01. The van der Waals surface area contributed by atoms with E-state index in [0.29, 0.717) is 0 Å². The largest absolute Gasteiger partial charge is 0.378 e. The van der Waals surface area contributed by atoms with Crippen molar-refractivity contribution in [3.8, 4) is 0 Å². The first-order valence-electron chi connectivity index (χ1n) is 5.39. The van der Waals surface area contributed by atoms with Crippen molar-refractivity contribution in [1.82, 2.24) is 0 Å². The van der Waals surface area contributed by atoms with Crippen molar-refractivity contribution in [1.29, 1.82) is 0 Å². The van der Waals surface area contributed by atoms with Crippen LogP contribution in [0.25, 0.3) is 0 Å². The van der Waals surface area contributed by atoms with Crippen molar-refractivity contribution in [2.75, 3.05) is 31.3 Å². The van der Waals surface area contributed by atoms with E-state index in [1.807, 2.05) is 57.1 Å². The van der Waals surface area contributed by atoms with Gasteiger partial charge in [-0.1, -0.05) is 13.8 Å². The molecule has 0 amide bonds. The molecule has 0 fully saturated rings. The highest BCUT2D eigenvalue weighted by atomic mass is 31.2. The summed E-state index contributed by atoms with van der Waals surface area (Å²) in [6, 6.07) is 8.08. The second-order valence-electron chi connectivity index (χ2n) is 3.93. The molecule has 0 heterocycles. The van der Waals surface area contributed by atoms with Gasteiger partial charge in [-0.25, -0.2) is 0 Å². The summed E-state index contributed by atoms with van der Waals surface area (Å²) in [6.07, 6.45) is 1.51. The van der Waals surface area contributed by atoms with Gasteiger partial charge in [0.1, 0.15) is 7.14 Å². The molecular weight excluding hydrogens is 205 g/mol. The molecule has 15 heavy (non-hydrogen) atoms. The molecule has 0 aliphatic rings. The van der Waals surface area contributed by atoms with Gasteiger partial charge in [0, 0.05) is 37.4 Å². The van der Waals surface area contributed by atoms with Gasteiger partial charge in [-0.15, -0.1) is 0 Å². The molecule has 0 saturated carbocycles. The number of rotatable bonds is 4. The smallest absolute Gasteiger partial charge is 0.115 e. The lowest BCUT2D eigenvalue weighted by molar-refractivity contribution is 0.582. The highest BCUT2D eigenvalue weighted by Crippen LogP contribution is 2.43. The summed E-state index contributed by atoms with van der Waals surface area (Å²) in [5.74, 6) is 0. The summed E-state index contributed by atoms with van der Waals surface area (Å²) in [7, 11) is 1.91. The van der Waals surface area contributed by atoms with Crippen LogP contribution in [0.4, 0.5) is 5.69 Å². The zero-order chi connectivity index (χ0) is 11.5. The minimum Gasteiger partial charge on any atom is -0.378 e. The summed E-state index contributed by atoms with van der Waals surface area (Å²) in [6.45, 7) is 4.01. The van der Waals surface area contributed by atoms with Gasteiger partial charge in [0.25, 0.3) is 0 Å². The number of hydrogen-bond donors (Lipinski definition) is 0. The Morgan fingerprint density at radius 2 is 1.53 bits per heavy atom. The molecule has 84 valence electrons. The molecule has 0 aromatic heterocycles.